The Kier molecular flexibility index (Phi) is 4.51. The first-order valence-electron chi connectivity index (χ1n) is 8.66. The second kappa shape index (κ2) is 6.96. The van der Waals surface area contributed by atoms with E-state index in [1.807, 2.05) is 54.1 Å². The summed E-state index contributed by atoms with van der Waals surface area (Å²) in [6.45, 7) is 0. The average Bonchev–Trinajstić information content (AvgIpc) is 3.01. The Morgan fingerprint density at radius 1 is 1.12 bits per heavy atom. The summed E-state index contributed by atoms with van der Waals surface area (Å²) < 4.78 is 1.88. The molecule has 1 heterocycles. The van der Waals surface area contributed by atoms with Crippen LogP contribution in [0.1, 0.15) is 24.8 Å². The smallest absolute Gasteiger partial charge is 0.235 e. The fourth-order valence-electron chi connectivity index (χ4n) is 3.26. The van der Waals surface area contributed by atoms with E-state index in [-0.39, 0.29) is 11.3 Å². The second-order valence-electron chi connectivity index (χ2n) is 6.61. The van der Waals surface area contributed by atoms with Crippen LogP contribution in [0.15, 0.2) is 71.0 Å². The Labute approximate surface area is 156 Å². The summed E-state index contributed by atoms with van der Waals surface area (Å²) in [6, 6.07) is 18.0. The number of anilines is 1. The zero-order valence-corrected chi connectivity index (χ0v) is 15.4. The molecule has 3 aromatic rings. The van der Waals surface area contributed by atoms with Gasteiger partial charge in [-0.3, -0.25) is 4.79 Å². The summed E-state index contributed by atoms with van der Waals surface area (Å²) in [4.78, 5) is 14.0. The van der Waals surface area contributed by atoms with Crippen molar-refractivity contribution in [1.82, 2.24) is 14.8 Å². The normalized spacial score (nSPS) is 15.3. The number of hydrogen-bond acceptors (Lipinski definition) is 4. The fourth-order valence-corrected chi connectivity index (χ4v) is 4.02. The van der Waals surface area contributed by atoms with Gasteiger partial charge in [0.05, 0.1) is 5.41 Å². The van der Waals surface area contributed by atoms with Crippen LogP contribution < -0.4 is 5.32 Å². The van der Waals surface area contributed by atoms with Gasteiger partial charge in [-0.25, -0.2) is 0 Å². The highest BCUT2D eigenvalue weighted by Gasteiger charge is 2.45. The molecule has 1 fully saturated rings. The molecule has 0 atom stereocenters. The van der Waals surface area contributed by atoms with Crippen molar-refractivity contribution in [3.8, 4) is 0 Å². The first-order valence-corrected chi connectivity index (χ1v) is 9.48. The zero-order chi connectivity index (χ0) is 18.0. The standard InChI is InChI=1S/C20H20N4OS/c1-24-14-21-23-19(24)26-17-10-8-16(9-11-17)22-18(25)20(12-5-13-20)15-6-3-2-4-7-15/h2-4,6-11,14H,5,12-13H2,1H3,(H,22,25). The lowest BCUT2D eigenvalue weighted by Crippen LogP contribution is -2.45. The van der Waals surface area contributed by atoms with E-state index in [0.717, 1.165) is 40.6 Å². The van der Waals surface area contributed by atoms with Crippen LogP contribution in [0, 0.1) is 0 Å². The van der Waals surface area contributed by atoms with Crippen LogP contribution in [0.25, 0.3) is 0 Å². The van der Waals surface area contributed by atoms with Crippen molar-refractivity contribution >= 4 is 23.4 Å². The SMILES string of the molecule is Cn1cnnc1Sc1ccc(NC(=O)C2(c3ccccc3)CCC2)cc1. The summed E-state index contributed by atoms with van der Waals surface area (Å²) in [6.07, 6.45) is 4.58. The maximum absolute atomic E-state index is 13.0. The highest BCUT2D eigenvalue weighted by molar-refractivity contribution is 7.99. The number of aromatic nitrogens is 3. The number of carbonyl (C=O) groups is 1. The van der Waals surface area contributed by atoms with E-state index < -0.39 is 0 Å². The molecule has 0 spiro atoms. The molecule has 0 unspecified atom stereocenters. The number of hydrogen-bond donors (Lipinski definition) is 1. The Morgan fingerprint density at radius 2 is 1.85 bits per heavy atom. The van der Waals surface area contributed by atoms with Gasteiger partial charge in [0.2, 0.25) is 5.91 Å². The maximum Gasteiger partial charge on any atom is 0.235 e. The van der Waals surface area contributed by atoms with Gasteiger partial charge in [0.25, 0.3) is 0 Å². The molecule has 4 rings (SSSR count). The van der Waals surface area contributed by atoms with Crippen LogP contribution in [0.4, 0.5) is 5.69 Å². The minimum absolute atomic E-state index is 0.0867. The molecule has 0 saturated heterocycles. The van der Waals surface area contributed by atoms with Gasteiger partial charge in [-0.2, -0.15) is 0 Å². The first-order chi connectivity index (χ1) is 12.7. The summed E-state index contributed by atoms with van der Waals surface area (Å²) in [5.74, 6) is 0.0867. The molecule has 1 aromatic heterocycles. The number of benzene rings is 2. The summed E-state index contributed by atoms with van der Waals surface area (Å²) in [7, 11) is 1.92. The fraction of sp³-hybridized carbons (Fsp3) is 0.250. The molecule has 1 aliphatic rings. The van der Waals surface area contributed by atoms with Crippen LogP contribution in [-0.4, -0.2) is 20.7 Å². The van der Waals surface area contributed by atoms with Gasteiger partial charge in [0.15, 0.2) is 5.16 Å². The maximum atomic E-state index is 13.0. The number of nitrogens with one attached hydrogen (secondary N) is 1. The summed E-state index contributed by atoms with van der Waals surface area (Å²) >= 11 is 1.54. The topological polar surface area (TPSA) is 59.8 Å². The largest absolute Gasteiger partial charge is 0.325 e. The molecule has 2 aromatic carbocycles. The van der Waals surface area contributed by atoms with E-state index in [0.29, 0.717) is 0 Å². The quantitative estimate of drug-likeness (QED) is 0.743. The molecule has 1 aliphatic carbocycles. The van der Waals surface area contributed by atoms with Gasteiger partial charge in [0.1, 0.15) is 6.33 Å². The summed E-state index contributed by atoms with van der Waals surface area (Å²) in [5, 5.41) is 11.9. The van der Waals surface area contributed by atoms with Crippen LogP contribution in [-0.2, 0) is 17.3 Å². The van der Waals surface area contributed by atoms with Crippen molar-refractivity contribution in [2.45, 2.75) is 34.7 Å². The van der Waals surface area contributed by atoms with Crippen molar-refractivity contribution in [3.05, 3.63) is 66.5 Å². The third-order valence-electron chi connectivity index (χ3n) is 4.96. The number of rotatable bonds is 5. The molecular formula is C20H20N4OS. The zero-order valence-electron chi connectivity index (χ0n) is 14.6. The van der Waals surface area contributed by atoms with E-state index in [9.17, 15) is 4.79 Å². The van der Waals surface area contributed by atoms with Gasteiger partial charge in [0, 0.05) is 17.6 Å². The third kappa shape index (κ3) is 3.12. The predicted molar refractivity (Wildman–Crippen MR) is 102 cm³/mol. The van der Waals surface area contributed by atoms with E-state index in [1.54, 1.807) is 18.1 Å². The van der Waals surface area contributed by atoms with Gasteiger partial charge in [-0.15, -0.1) is 10.2 Å². The van der Waals surface area contributed by atoms with Gasteiger partial charge in [-0.05, 0) is 54.4 Å². The van der Waals surface area contributed by atoms with Crippen molar-refractivity contribution in [1.29, 1.82) is 0 Å². The van der Waals surface area contributed by atoms with Gasteiger partial charge in [-0.1, -0.05) is 36.8 Å². The highest BCUT2D eigenvalue weighted by Crippen LogP contribution is 2.44. The molecule has 6 heteroatoms. The Bertz CT molecular complexity index is 901. The average molecular weight is 364 g/mol. The predicted octanol–water partition coefficient (Wildman–Crippen LogP) is 4.03. The van der Waals surface area contributed by atoms with E-state index in [1.165, 1.54) is 0 Å². The molecule has 0 bridgehead atoms. The molecule has 0 aliphatic heterocycles. The molecule has 1 N–H and O–H groups in total. The van der Waals surface area contributed by atoms with Crippen LogP contribution in [0.3, 0.4) is 0 Å². The lowest BCUT2D eigenvalue weighted by atomic mass is 9.64. The van der Waals surface area contributed by atoms with Crippen molar-refractivity contribution in [2.24, 2.45) is 7.05 Å². The Balaban J connectivity index is 1.47. The van der Waals surface area contributed by atoms with Crippen molar-refractivity contribution < 1.29 is 4.79 Å². The molecule has 132 valence electrons. The van der Waals surface area contributed by atoms with Crippen LogP contribution in [0.5, 0.6) is 0 Å². The lowest BCUT2D eigenvalue weighted by Gasteiger charge is -2.40. The second-order valence-corrected chi connectivity index (χ2v) is 7.65. The molecule has 26 heavy (non-hydrogen) atoms. The van der Waals surface area contributed by atoms with E-state index in [4.69, 9.17) is 0 Å². The van der Waals surface area contributed by atoms with E-state index >= 15 is 0 Å². The lowest BCUT2D eigenvalue weighted by molar-refractivity contribution is -0.124. The number of carbonyl (C=O) groups excluding carboxylic acids is 1. The number of nitrogens with zero attached hydrogens (tertiary/aromatic N) is 3. The molecular weight excluding hydrogens is 344 g/mol. The third-order valence-corrected chi connectivity index (χ3v) is 6.02. The number of amides is 1. The number of aryl methyl sites for hydroxylation is 1. The first kappa shape index (κ1) is 16.8. The summed E-state index contributed by atoms with van der Waals surface area (Å²) in [5.41, 5.74) is 1.55. The molecule has 5 nitrogen and oxygen atoms in total. The minimum atomic E-state index is -0.382. The Hall–Kier alpha value is -2.60. The van der Waals surface area contributed by atoms with Gasteiger partial charge < -0.3 is 9.88 Å². The van der Waals surface area contributed by atoms with Crippen molar-refractivity contribution in [3.63, 3.8) is 0 Å². The highest BCUT2D eigenvalue weighted by atomic mass is 32.2. The van der Waals surface area contributed by atoms with Crippen LogP contribution >= 0.6 is 11.8 Å². The monoisotopic (exact) mass is 364 g/mol. The molecule has 0 radical (unpaired) electrons. The molecule has 1 amide bonds. The Morgan fingerprint density at radius 3 is 2.42 bits per heavy atom. The van der Waals surface area contributed by atoms with E-state index in [2.05, 4.69) is 27.6 Å². The van der Waals surface area contributed by atoms with Crippen molar-refractivity contribution in [2.75, 3.05) is 5.32 Å². The van der Waals surface area contributed by atoms with Gasteiger partial charge >= 0.3 is 0 Å². The molecule has 1 saturated carbocycles. The van der Waals surface area contributed by atoms with Crippen LogP contribution in [0.2, 0.25) is 0 Å². The minimum Gasteiger partial charge on any atom is -0.325 e.